The van der Waals surface area contributed by atoms with Crippen molar-refractivity contribution in [3.63, 3.8) is 0 Å². The van der Waals surface area contributed by atoms with Gasteiger partial charge in [-0.3, -0.25) is 0 Å². The summed E-state index contributed by atoms with van der Waals surface area (Å²) in [5.74, 6) is -1.08. The van der Waals surface area contributed by atoms with E-state index in [1.54, 1.807) is 0 Å². The van der Waals surface area contributed by atoms with E-state index in [1.807, 2.05) is 0 Å². The zero-order valence-electron chi connectivity index (χ0n) is 3.32. The molecule has 0 aliphatic rings. The van der Waals surface area contributed by atoms with E-state index in [0.717, 1.165) is 6.92 Å². The number of carboxylic acids is 1. The van der Waals surface area contributed by atoms with Crippen LogP contribution in [0.25, 0.3) is 0 Å². The molecule has 0 aromatic carbocycles. The van der Waals surface area contributed by atoms with Crippen molar-refractivity contribution in [2.75, 3.05) is 0 Å². The summed E-state index contributed by atoms with van der Waals surface area (Å²) in [6.45, 7) is 0.972. The van der Waals surface area contributed by atoms with Crippen LogP contribution in [0.5, 0.6) is 0 Å². The van der Waals surface area contributed by atoms with Crippen molar-refractivity contribution in [3.8, 4) is 0 Å². The topological polar surface area (TPSA) is 40.1 Å². The van der Waals surface area contributed by atoms with Crippen molar-refractivity contribution in [2.45, 2.75) is 6.92 Å². The molecule has 0 saturated carbocycles. The molecule has 0 fully saturated rings. The molecule has 4 heteroatoms. The number of hydrogen-bond donors (Lipinski definition) is 0. The van der Waals surface area contributed by atoms with E-state index < -0.39 is 5.97 Å². The summed E-state index contributed by atoms with van der Waals surface area (Å²) >= 11 is 0. The second-order valence-electron chi connectivity index (χ2n) is 0.492. The van der Waals surface area contributed by atoms with E-state index in [-0.39, 0.29) is 68.7 Å². The smallest absolute Gasteiger partial charge is 0.550 e. The van der Waals surface area contributed by atoms with Gasteiger partial charge in [-0.1, -0.05) is 0 Å². The molecule has 0 unspecified atom stereocenters. The van der Waals surface area contributed by atoms with Crippen LogP contribution in [0.2, 0.25) is 0 Å². The zero-order valence-corrected chi connectivity index (χ0v) is 6.44. The summed E-state index contributed by atoms with van der Waals surface area (Å²) in [4.78, 5) is 8.89. The number of carbonyl (C=O) groups excluding carboxylic acids is 1. The van der Waals surface area contributed by atoms with Crippen molar-refractivity contribution in [2.24, 2.45) is 0 Å². The van der Waals surface area contributed by atoms with E-state index in [2.05, 4.69) is 0 Å². The van der Waals surface area contributed by atoms with Gasteiger partial charge in [-0.25, -0.2) is 0 Å². The fraction of sp³-hybridized carbons (Fsp3) is 0.500. The molecule has 0 spiro atoms. The van der Waals surface area contributed by atoms with Crippen molar-refractivity contribution >= 4 is 23.3 Å². The molecule has 0 bridgehead atoms. The molecule has 0 heterocycles. The fourth-order valence-electron chi connectivity index (χ4n) is 0. The number of carboxylic acid groups (broad SMARTS) is 1. The van der Waals surface area contributed by atoms with Crippen LogP contribution in [-0.4, -0.2) is 23.3 Å². The number of hydrogen-bond acceptors (Lipinski definition) is 2. The largest absolute Gasteiger partial charge is 1.00 e. The maximum absolute atomic E-state index is 8.89. The maximum atomic E-state index is 8.89. The Morgan fingerprint density at radius 3 is 1.67 bits per heavy atom. The van der Waals surface area contributed by atoms with E-state index in [0.29, 0.717) is 0 Å². The van der Waals surface area contributed by atoms with Gasteiger partial charge in [-0.2, -0.15) is 0 Å². The predicted molar refractivity (Wildman–Crippen MR) is 20.6 cm³/mol. The van der Waals surface area contributed by atoms with Gasteiger partial charge in [0.05, 0.1) is 0 Å². The van der Waals surface area contributed by atoms with Gasteiger partial charge in [-0.05, 0) is 6.92 Å². The van der Waals surface area contributed by atoms with Crippen LogP contribution in [0.4, 0.5) is 0 Å². The molecule has 30 valence electrons. The summed E-state index contributed by atoms with van der Waals surface area (Å²) in [6, 6.07) is 0. The summed E-state index contributed by atoms with van der Waals surface area (Å²) in [5, 5.41) is 8.89. The molecule has 0 radical (unpaired) electrons. The average molecular weight is 128 g/mol. The van der Waals surface area contributed by atoms with Gasteiger partial charge < -0.3 is 9.90 Å². The van der Waals surface area contributed by atoms with Crippen LogP contribution in [0.15, 0.2) is 0 Å². The third-order valence-electron chi connectivity index (χ3n) is 0. The number of rotatable bonds is 0. The van der Waals surface area contributed by atoms with Crippen LogP contribution in [0, 0.1) is 0 Å². The van der Waals surface area contributed by atoms with Crippen molar-refractivity contribution < 1.29 is 61.3 Å². The molecule has 0 N–H and O–H groups in total. The minimum Gasteiger partial charge on any atom is -0.550 e. The Bertz CT molecular complexity index is 34.5. The van der Waals surface area contributed by atoms with Gasteiger partial charge in [0.2, 0.25) is 0 Å². The van der Waals surface area contributed by atoms with E-state index in [1.165, 1.54) is 0 Å². The molecule has 0 aliphatic carbocycles. The Kier molecular flexibility index (Phi) is 25.6. The van der Waals surface area contributed by atoms with Crippen molar-refractivity contribution in [1.29, 1.82) is 0 Å². The standard InChI is InChI=1S/C2H4O2.Al.K.3H/c1-2(3)4;;;;;/h1H3,(H,3,4);;;;;/q;;+1;;;/p-1. The third kappa shape index (κ3) is 45.2. The SMILES string of the molecule is CC(=O)[O-].[AlH3].[K+]. The molecule has 0 aromatic rings. The number of aliphatic carboxylic acids is 1. The first kappa shape index (κ1) is 15.6. The van der Waals surface area contributed by atoms with Gasteiger partial charge in [0, 0.05) is 5.97 Å². The second kappa shape index (κ2) is 9.81. The first-order valence-corrected chi connectivity index (χ1v) is 0.908. The Morgan fingerprint density at radius 2 is 1.67 bits per heavy atom. The zero-order chi connectivity index (χ0) is 3.58. The minimum atomic E-state index is -1.08. The number of carbonyl (C=O) groups is 1. The summed E-state index contributed by atoms with van der Waals surface area (Å²) in [6.07, 6.45) is 0. The third-order valence-corrected chi connectivity index (χ3v) is 0. The van der Waals surface area contributed by atoms with Gasteiger partial charge in [-0.15, -0.1) is 0 Å². The molecule has 0 atom stereocenters. The van der Waals surface area contributed by atoms with Gasteiger partial charge in [0.25, 0.3) is 0 Å². The maximum Gasteiger partial charge on any atom is 1.00 e. The molecular weight excluding hydrogens is 122 g/mol. The van der Waals surface area contributed by atoms with Crippen LogP contribution in [0.1, 0.15) is 6.92 Å². The quantitative estimate of drug-likeness (QED) is 0.305. The molecule has 6 heavy (non-hydrogen) atoms. The fourth-order valence-corrected chi connectivity index (χ4v) is 0. The van der Waals surface area contributed by atoms with E-state index in [4.69, 9.17) is 9.90 Å². The van der Waals surface area contributed by atoms with Gasteiger partial charge in [0.1, 0.15) is 0 Å². The Hall–Kier alpha value is 1.64. The van der Waals surface area contributed by atoms with Crippen LogP contribution >= 0.6 is 0 Å². The molecule has 0 amide bonds. The molecule has 0 aliphatic heterocycles. The first-order valence-electron chi connectivity index (χ1n) is 0.908. The Labute approximate surface area is 89.9 Å². The monoisotopic (exact) mass is 128 g/mol. The Morgan fingerprint density at radius 1 is 1.67 bits per heavy atom. The van der Waals surface area contributed by atoms with Gasteiger partial charge >= 0.3 is 51.4 Å². The summed E-state index contributed by atoms with van der Waals surface area (Å²) in [7, 11) is 0. The normalized spacial score (nSPS) is 4.17. The predicted octanol–water partition coefficient (Wildman–Crippen LogP) is -5.42. The molecule has 0 aromatic heterocycles. The molecular formula is C2H6AlKO2. The molecule has 2 nitrogen and oxygen atoms in total. The Balaban J connectivity index is -0.0000000450. The van der Waals surface area contributed by atoms with E-state index in [9.17, 15) is 0 Å². The average Bonchev–Trinajstić information content (AvgIpc) is 0.811. The summed E-state index contributed by atoms with van der Waals surface area (Å²) < 4.78 is 0. The molecule has 0 rings (SSSR count). The van der Waals surface area contributed by atoms with Gasteiger partial charge in [0.15, 0.2) is 17.4 Å². The van der Waals surface area contributed by atoms with Crippen LogP contribution in [0.3, 0.4) is 0 Å². The second-order valence-corrected chi connectivity index (χ2v) is 0.492. The van der Waals surface area contributed by atoms with E-state index >= 15 is 0 Å². The molecule has 0 saturated heterocycles. The summed E-state index contributed by atoms with van der Waals surface area (Å²) in [5.41, 5.74) is 0. The van der Waals surface area contributed by atoms with Crippen molar-refractivity contribution in [1.82, 2.24) is 0 Å². The first-order chi connectivity index (χ1) is 1.73. The van der Waals surface area contributed by atoms with Crippen molar-refractivity contribution in [3.05, 3.63) is 0 Å². The minimum absolute atomic E-state index is 0. The van der Waals surface area contributed by atoms with Crippen LogP contribution < -0.4 is 56.5 Å². The van der Waals surface area contributed by atoms with Crippen LogP contribution in [-0.2, 0) is 4.79 Å².